The highest BCUT2D eigenvalue weighted by Crippen LogP contribution is 2.26. The topological polar surface area (TPSA) is 26.8 Å². The van der Waals surface area contributed by atoms with Gasteiger partial charge >= 0.3 is 0 Å². The van der Waals surface area contributed by atoms with Crippen LogP contribution in [0.2, 0.25) is 5.02 Å². The molecule has 0 radical (unpaired) electrons. The number of likely N-dealkylation sites (tertiary alicyclic amines) is 1. The van der Waals surface area contributed by atoms with Gasteiger partial charge in [0.1, 0.15) is 0 Å². The molecule has 4 nitrogen and oxygen atoms in total. The van der Waals surface area contributed by atoms with Crippen LogP contribution in [0.15, 0.2) is 18.2 Å². The van der Waals surface area contributed by atoms with Crippen molar-refractivity contribution in [2.45, 2.75) is 39.2 Å². The second-order valence-corrected chi connectivity index (χ2v) is 7.30. The molecule has 1 amide bonds. The summed E-state index contributed by atoms with van der Waals surface area (Å²) in [5, 5.41) is 0.883. The number of carbonyl (C=O) groups is 1. The van der Waals surface area contributed by atoms with Gasteiger partial charge in [-0.05, 0) is 37.0 Å². The molecule has 2 heterocycles. The molecule has 5 heteroatoms. The third-order valence-electron chi connectivity index (χ3n) is 5.52. The highest BCUT2D eigenvalue weighted by molar-refractivity contribution is 6.31. The van der Waals surface area contributed by atoms with E-state index in [2.05, 4.69) is 34.9 Å². The van der Waals surface area contributed by atoms with E-state index in [1.807, 2.05) is 4.90 Å². The molecule has 0 aromatic heterocycles. The molecule has 2 aliphatic heterocycles. The van der Waals surface area contributed by atoms with Gasteiger partial charge in [-0.3, -0.25) is 9.69 Å². The van der Waals surface area contributed by atoms with E-state index in [-0.39, 0.29) is 5.91 Å². The van der Waals surface area contributed by atoms with Crippen LogP contribution in [0, 0.1) is 0 Å². The zero-order valence-electron chi connectivity index (χ0n) is 14.8. The molecule has 0 spiro atoms. The zero-order valence-corrected chi connectivity index (χ0v) is 15.6. The monoisotopic (exact) mass is 349 g/mol. The first kappa shape index (κ1) is 17.6. The van der Waals surface area contributed by atoms with Crippen LogP contribution >= 0.6 is 11.6 Å². The molecule has 0 unspecified atom stereocenters. The van der Waals surface area contributed by atoms with Gasteiger partial charge in [0.2, 0.25) is 5.91 Å². The van der Waals surface area contributed by atoms with Crippen molar-refractivity contribution in [1.29, 1.82) is 0 Å². The predicted octanol–water partition coefficient (Wildman–Crippen LogP) is 3.04. The van der Waals surface area contributed by atoms with Crippen molar-refractivity contribution in [3.05, 3.63) is 28.8 Å². The van der Waals surface area contributed by atoms with Crippen LogP contribution in [0.3, 0.4) is 0 Å². The quantitative estimate of drug-likeness (QED) is 0.839. The lowest BCUT2D eigenvalue weighted by Crippen LogP contribution is -2.53. The van der Waals surface area contributed by atoms with Gasteiger partial charge in [0.05, 0.1) is 0 Å². The van der Waals surface area contributed by atoms with Crippen molar-refractivity contribution in [3.8, 4) is 0 Å². The molecule has 3 rings (SSSR count). The molecule has 1 aromatic carbocycles. The Morgan fingerprint density at radius 3 is 2.33 bits per heavy atom. The molecule has 132 valence electrons. The SMILES string of the molecule is CCc1ccc(N2CCN(C3CCN(C(C)=O)CC3)CC2)cc1Cl. The summed E-state index contributed by atoms with van der Waals surface area (Å²) in [7, 11) is 0. The molecule has 0 atom stereocenters. The molecule has 0 saturated carbocycles. The molecule has 2 aliphatic rings. The molecule has 0 bridgehead atoms. The fourth-order valence-corrected chi connectivity index (χ4v) is 4.22. The number of halogens is 1. The van der Waals surface area contributed by atoms with Crippen LogP contribution in [-0.4, -0.2) is 61.0 Å². The van der Waals surface area contributed by atoms with E-state index < -0.39 is 0 Å². The fourth-order valence-electron chi connectivity index (χ4n) is 3.91. The molecule has 1 aromatic rings. The average Bonchev–Trinajstić information content (AvgIpc) is 2.62. The van der Waals surface area contributed by atoms with Crippen molar-refractivity contribution < 1.29 is 4.79 Å². The largest absolute Gasteiger partial charge is 0.369 e. The minimum Gasteiger partial charge on any atom is -0.369 e. The highest BCUT2D eigenvalue weighted by atomic mass is 35.5. The van der Waals surface area contributed by atoms with Gasteiger partial charge in [0, 0.05) is 62.9 Å². The maximum absolute atomic E-state index is 11.4. The summed E-state index contributed by atoms with van der Waals surface area (Å²) in [5.41, 5.74) is 2.46. The van der Waals surface area contributed by atoms with Crippen molar-refractivity contribution in [2.75, 3.05) is 44.2 Å². The van der Waals surface area contributed by atoms with Gasteiger partial charge < -0.3 is 9.80 Å². The fraction of sp³-hybridized carbons (Fsp3) is 0.632. The minimum absolute atomic E-state index is 0.214. The number of hydrogen-bond acceptors (Lipinski definition) is 3. The van der Waals surface area contributed by atoms with Gasteiger partial charge in [-0.25, -0.2) is 0 Å². The number of amides is 1. The van der Waals surface area contributed by atoms with Crippen molar-refractivity contribution >= 4 is 23.2 Å². The lowest BCUT2D eigenvalue weighted by atomic mass is 10.0. The number of rotatable bonds is 3. The minimum atomic E-state index is 0.214. The van der Waals surface area contributed by atoms with Gasteiger partial charge in [0.25, 0.3) is 0 Å². The number of aryl methyl sites for hydroxylation is 1. The first-order valence-electron chi connectivity index (χ1n) is 9.11. The normalized spacial score (nSPS) is 20.5. The van der Waals surface area contributed by atoms with Crippen LogP contribution in [0.25, 0.3) is 0 Å². The van der Waals surface area contributed by atoms with E-state index in [1.54, 1.807) is 6.92 Å². The van der Waals surface area contributed by atoms with Gasteiger partial charge in [0.15, 0.2) is 0 Å². The summed E-state index contributed by atoms with van der Waals surface area (Å²) < 4.78 is 0. The zero-order chi connectivity index (χ0) is 17.1. The summed E-state index contributed by atoms with van der Waals surface area (Å²) in [4.78, 5) is 18.5. The first-order chi connectivity index (χ1) is 11.6. The highest BCUT2D eigenvalue weighted by Gasteiger charge is 2.28. The molecule has 24 heavy (non-hydrogen) atoms. The summed E-state index contributed by atoms with van der Waals surface area (Å²) in [6.45, 7) is 9.92. The summed E-state index contributed by atoms with van der Waals surface area (Å²) in [6, 6.07) is 7.10. The molecule has 0 N–H and O–H groups in total. The van der Waals surface area contributed by atoms with Crippen LogP contribution in [-0.2, 0) is 11.2 Å². The standard InChI is InChI=1S/C19H28ClN3O/c1-3-16-4-5-18(14-19(16)20)23-12-10-22(11-13-23)17-6-8-21(9-7-17)15(2)24/h4-5,14,17H,3,6-13H2,1-2H3. The maximum atomic E-state index is 11.4. The Hall–Kier alpha value is -1.26. The Balaban J connectivity index is 1.53. The lowest BCUT2D eigenvalue weighted by Gasteiger charge is -2.43. The smallest absolute Gasteiger partial charge is 0.219 e. The van der Waals surface area contributed by atoms with Crippen LogP contribution in [0.5, 0.6) is 0 Å². The molecule has 2 fully saturated rings. The number of carbonyl (C=O) groups excluding carboxylic acids is 1. The number of piperidine rings is 1. The Kier molecular flexibility index (Phi) is 5.67. The number of hydrogen-bond donors (Lipinski definition) is 0. The molecule has 2 saturated heterocycles. The van der Waals surface area contributed by atoms with Gasteiger partial charge in [-0.1, -0.05) is 24.6 Å². The van der Waals surface area contributed by atoms with E-state index in [1.165, 1.54) is 11.3 Å². The average molecular weight is 350 g/mol. The van der Waals surface area contributed by atoms with E-state index in [0.29, 0.717) is 6.04 Å². The van der Waals surface area contributed by atoms with Crippen molar-refractivity contribution in [3.63, 3.8) is 0 Å². The molecular formula is C19H28ClN3O. The molecule has 0 aliphatic carbocycles. The predicted molar refractivity (Wildman–Crippen MR) is 99.9 cm³/mol. The van der Waals surface area contributed by atoms with Crippen LogP contribution in [0.1, 0.15) is 32.3 Å². The van der Waals surface area contributed by atoms with E-state index >= 15 is 0 Å². The Morgan fingerprint density at radius 2 is 1.79 bits per heavy atom. The van der Waals surface area contributed by atoms with Crippen molar-refractivity contribution in [1.82, 2.24) is 9.80 Å². The Morgan fingerprint density at radius 1 is 1.12 bits per heavy atom. The van der Waals surface area contributed by atoms with Gasteiger partial charge in [-0.2, -0.15) is 0 Å². The summed E-state index contributed by atoms with van der Waals surface area (Å²) in [6.07, 6.45) is 3.19. The number of nitrogens with zero attached hydrogens (tertiary/aromatic N) is 3. The second-order valence-electron chi connectivity index (χ2n) is 6.89. The lowest BCUT2D eigenvalue weighted by molar-refractivity contribution is -0.130. The van der Waals surface area contributed by atoms with Gasteiger partial charge in [-0.15, -0.1) is 0 Å². The maximum Gasteiger partial charge on any atom is 0.219 e. The summed E-state index contributed by atoms with van der Waals surface area (Å²) >= 11 is 6.37. The number of benzene rings is 1. The Labute approximate surface area is 150 Å². The second kappa shape index (κ2) is 7.75. The van der Waals surface area contributed by atoms with E-state index in [0.717, 1.165) is 63.6 Å². The Bertz CT molecular complexity index is 576. The number of piperazine rings is 1. The van der Waals surface area contributed by atoms with Crippen LogP contribution < -0.4 is 4.90 Å². The van der Waals surface area contributed by atoms with Crippen molar-refractivity contribution in [2.24, 2.45) is 0 Å². The summed E-state index contributed by atoms with van der Waals surface area (Å²) in [5.74, 6) is 0.214. The first-order valence-corrected chi connectivity index (χ1v) is 9.49. The third kappa shape index (κ3) is 3.86. The van der Waals surface area contributed by atoms with E-state index in [4.69, 9.17) is 11.6 Å². The third-order valence-corrected chi connectivity index (χ3v) is 5.88. The molecular weight excluding hydrogens is 322 g/mol. The van der Waals surface area contributed by atoms with E-state index in [9.17, 15) is 4.79 Å². The van der Waals surface area contributed by atoms with Crippen LogP contribution in [0.4, 0.5) is 5.69 Å². The number of anilines is 1.